The summed E-state index contributed by atoms with van der Waals surface area (Å²) in [5.74, 6) is 0.299. The molecule has 2 rings (SSSR count). The van der Waals surface area contributed by atoms with Gasteiger partial charge < -0.3 is 0 Å². The SMILES string of the molecule is COc1cc[c]([In]2[CH]=CC[CH]2CC(=O)OC(N)=O)cc1. The molecule has 5 nitrogen and oxygen atoms in total. The van der Waals surface area contributed by atoms with Crippen LogP contribution in [0.25, 0.3) is 0 Å². The molecular weight excluding hydrogens is 361 g/mol. The number of methoxy groups -OCH3 is 1. The van der Waals surface area contributed by atoms with Gasteiger partial charge in [-0.1, -0.05) is 0 Å². The van der Waals surface area contributed by atoms with Crippen LogP contribution in [0.5, 0.6) is 5.75 Å². The van der Waals surface area contributed by atoms with Crippen molar-refractivity contribution in [2.24, 2.45) is 5.73 Å². The van der Waals surface area contributed by atoms with Crippen LogP contribution in [0.2, 0.25) is 3.67 Å². The zero-order valence-corrected chi connectivity index (χ0v) is 14.5. The Hall–Kier alpha value is -1.43. The maximum absolute atomic E-state index is 11.5. The van der Waals surface area contributed by atoms with Crippen molar-refractivity contribution in [3.63, 3.8) is 0 Å². The van der Waals surface area contributed by atoms with Gasteiger partial charge in [0, 0.05) is 0 Å². The van der Waals surface area contributed by atoms with Crippen molar-refractivity contribution in [2.75, 3.05) is 7.11 Å². The fourth-order valence-corrected chi connectivity index (χ4v) is 11.2. The normalized spacial score (nSPS) is 17.1. The van der Waals surface area contributed by atoms with E-state index < -0.39 is 33.5 Å². The van der Waals surface area contributed by atoms with Gasteiger partial charge in [-0.25, -0.2) is 0 Å². The quantitative estimate of drug-likeness (QED) is 0.634. The Morgan fingerprint density at radius 2 is 2.05 bits per heavy atom. The van der Waals surface area contributed by atoms with Gasteiger partial charge in [0.1, 0.15) is 0 Å². The van der Waals surface area contributed by atoms with Crippen molar-refractivity contribution in [2.45, 2.75) is 16.5 Å². The third-order valence-corrected chi connectivity index (χ3v) is 13.0. The molecular formula is C14H16InNO4. The predicted molar refractivity (Wildman–Crippen MR) is 76.2 cm³/mol. The third-order valence-electron chi connectivity index (χ3n) is 3.43. The van der Waals surface area contributed by atoms with Crippen LogP contribution in [0.1, 0.15) is 12.8 Å². The molecule has 0 fully saturated rings. The number of primary amides is 1. The fraction of sp³-hybridized carbons (Fsp3) is 0.286. The number of ether oxygens (including phenoxy) is 2. The fourth-order valence-electron chi connectivity index (χ4n) is 2.49. The summed E-state index contributed by atoms with van der Waals surface area (Å²) in [6.07, 6.45) is 2.24. The van der Waals surface area contributed by atoms with Gasteiger partial charge in [-0.15, -0.1) is 0 Å². The molecule has 1 aliphatic rings. The molecule has 1 aliphatic heterocycles. The molecule has 1 amide bonds. The van der Waals surface area contributed by atoms with Crippen LogP contribution in [-0.4, -0.2) is 40.6 Å². The zero-order chi connectivity index (χ0) is 14.5. The van der Waals surface area contributed by atoms with Crippen molar-refractivity contribution < 1.29 is 19.1 Å². The molecule has 1 unspecified atom stereocenters. The van der Waals surface area contributed by atoms with E-state index in [4.69, 9.17) is 10.5 Å². The van der Waals surface area contributed by atoms with Crippen molar-refractivity contribution in [1.82, 2.24) is 0 Å². The summed E-state index contributed by atoms with van der Waals surface area (Å²) in [6.45, 7) is 0. The molecule has 104 valence electrons. The molecule has 0 aromatic heterocycles. The van der Waals surface area contributed by atoms with E-state index in [9.17, 15) is 9.59 Å². The second kappa shape index (κ2) is 6.83. The van der Waals surface area contributed by atoms with E-state index in [1.807, 2.05) is 12.1 Å². The Kier molecular flexibility index (Phi) is 5.11. The maximum atomic E-state index is 11.5. The number of nitrogens with two attached hydrogens (primary N) is 1. The summed E-state index contributed by atoms with van der Waals surface area (Å²) in [4.78, 5) is 22.1. The van der Waals surface area contributed by atoms with E-state index in [1.165, 1.54) is 3.32 Å². The first kappa shape index (κ1) is 15.0. The number of allylic oxidation sites excluding steroid dienone is 1. The monoisotopic (exact) mass is 377 g/mol. The molecule has 0 aliphatic carbocycles. The van der Waals surface area contributed by atoms with Crippen molar-refractivity contribution in [1.29, 1.82) is 0 Å². The number of hydrogen-bond donors (Lipinski definition) is 1. The number of carbonyl (C=O) groups is 2. The minimum atomic E-state index is -2.15. The first-order chi connectivity index (χ1) is 9.60. The van der Waals surface area contributed by atoms with Gasteiger partial charge in [0.15, 0.2) is 0 Å². The molecule has 0 radical (unpaired) electrons. The summed E-state index contributed by atoms with van der Waals surface area (Å²) >= 11 is -2.15. The third kappa shape index (κ3) is 3.79. The van der Waals surface area contributed by atoms with Gasteiger partial charge in [-0.05, 0) is 0 Å². The number of esters is 1. The second-order valence-electron chi connectivity index (χ2n) is 4.72. The summed E-state index contributed by atoms with van der Waals surface area (Å²) in [6, 6.07) is 8.03. The Balaban J connectivity index is 2.04. The number of benzene rings is 1. The number of amides is 1. The van der Waals surface area contributed by atoms with Gasteiger partial charge in [-0.3, -0.25) is 0 Å². The summed E-state index contributed by atoms with van der Waals surface area (Å²) in [5.41, 5.74) is 4.85. The summed E-state index contributed by atoms with van der Waals surface area (Å²) < 4.78 is 13.5. The van der Waals surface area contributed by atoms with Crippen LogP contribution in [-0.2, 0) is 9.53 Å². The molecule has 0 saturated heterocycles. The molecule has 2 N–H and O–H groups in total. The molecule has 1 aromatic carbocycles. The van der Waals surface area contributed by atoms with E-state index in [1.54, 1.807) is 7.11 Å². The van der Waals surface area contributed by atoms with Crippen LogP contribution in [0.4, 0.5) is 4.79 Å². The van der Waals surface area contributed by atoms with Crippen molar-refractivity contribution in [3.8, 4) is 5.75 Å². The van der Waals surface area contributed by atoms with Crippen LogP contribution in [0.3, 0.4) is 0 Å². The predicted octanol–water partition coefficient (Wildman–Crippen LogP) is 1.28. The van der Waals surface area contributed by atoms with Gasteiger partial charge in [-0.2, -0.15) is 0 Å². The van der Waals surface area contributed by atoms with E-state index in [-0.39, 0.29) is 6.42 Å². The van der Waals surface area contributed by atoms with Crippen LogP contribution in [0, 0.1) is 0 Å². The van der Waals surface area contributed by atoms with Gasteiger partial charge in [0.05, 0.1) is 0 Å². The van der Waals surface area contributed by atoms with E-state index in [0.717, 1.165) is 12.2 Å². The Labute approximate surface area is 125 Å². The van der Waals surface area contributed by atoms with E-state index in [0.29, 0.717) is 3.67 Å². The molecule has 1 atom stereocenters. The molecule has 0 spiro atoms. The minimum absolute atomic E-state index is 0.267. The van der Waals surface area contributed by atoms with Crippen molar-refractivity contribution in [3.05, 3.63) is 34.2 Å². The molecule has 1 aromatic rings. The van der Waals surface area contributed by atoms with Crippen molar-refractivity contribution >= 4 is 36.8 Å². The summed E-state index contributed by atoms with van der Waals surface area (Å²) in [7, 11) is 1.64. The van der Waals surface area contributed by atoms with E-state index in [2.05, 4.69) is 26.8 Å². The zero-order valence-electron chi connectivity index (χ0n) is 11.2. The molecule has 6 heteroatoms. The number of carbonyl (C=O) groups excluding carboxylic acids is 2. The van der Waals surface area contributed by atoms with Gasteiger partial charge in [0.2, 0.25) is 0 Å². The van der Waals surface area contributed by atoms with Gasteiger partial charge in [0.25, 0.3) is 0 Å². The van der Waals surface area contributed by atoms with Crippen LogP contribution in [0.15, 0.2) is 34.2 Å². The average Bonchev–Trinajstić information content (AvgIpc) is 2.86. The van der Waals surface area contributed by atoms with E-state index >= 15 is 0 Å². The molecule has 0 saturated carbocycles. The number of hydrogen-bond acceptors (Lipinski definition) is 4. The topological polar surface area (TPSA) is 78.6 Å². The number of rotatable bonds is 4. The Morgan fingerprint density at radius 1 is 1.35 bits per heavy atom. The first-order valence-corrected chi connectivity index (χ1v) is 11.9. The first-order valence-electron chi connectivity index (χ1n) is 6.41. The molecule has 20 heavy (non-hydrogen) atoms. The molecule has 0 bridgehead atoms. The second-order valence-corrected chi connectivity index (χ2v) is 13.4. The molecule has 1 heterocycles. The van der Waals surface area contributed by atoms with Gasteiger partial charge >= 0.3 is 125 Å². The standard InChI is InChI=1S/C7H9NO3.C7H7O.In/c1-2-3-4-5-6(9)11-7(8)10;1-8-7-5-3-2-4-6-7;/h1-2,4H,3,5H2,(H2,8,10);3-6H,1H3;. The average molecular weight is 377 g/mol. The van der Waals surface area contributed by atoms with Crippen LogP contribution >= 0.6 is 0 Å². The Morgan fingerprint density at radius 3 is 2.65 bits per heavy atom. The summed E-state index contributed by atoms with van der Waals surface area (Å²) in [5, 5.41) is 0. The Bertz CT molecular complexity index is 526. The van der Waals surface area contributed by atoms with Crippen LogP contribution < -0.4 is 13.8 Å².